The minimum absolute atomic E-state index is 0.00531. The molecule has 0 N–H and O–H groups in total. The molecule has 4 aromatic rings. The number of hydrogen-bond donors (Lipinski definition) is 0. The molecule has 0 saturated heterocycles. The van der Waals surface area contributed by atoms with Gasteiger partial charge in [-0.1, -0.05) is 36.4 Å². The molecule has 32 heavy (non-hydrogen) atoms. The molecule has 2 aromatic heterocycles. The number of rotatable bonds is 1. The lowest BCUT2D eigenvalue weighted by Gasteiger charge is -2.15. The van der Waals surface area contributed by atoms with Crippen molar-refractivity contribution in [3.63, 3.8) is 0 Å². The van der Waals surface area contributed by atoms with Crippen molar-refractivity contribution in [2.45, 2.75) is 6.18 Å². The zero-order valence-corrected chi connectivity index (χ0v) is 16.8. The van der Waals surface area contributed by atoms with Crippen molar-refractivity contribution in [2.24, 2.45) is 14.1 Å². The highest BCUT2D eigenvalue weighted by molar-refractivity contribution is 6.26. The van der Waals surface area contributed by atoms with Gasteiger partial charge in [0.05, 0.1) is 22.2 Å². The Bertz CT molecular complexity index is 1580. The van der Waals surface area contributed by atoms with E-state index in [1.165, 1.54) is 30.8 Å². The van der Waals surface area contributed by atoms with Gasteiger partial charge in [-0.05, 0) is 17.7 Å². The predicted molar refractivity (Wildman–Crippen MR) is 112 cm³/mol. The van der Waals surface area contributed by atoms with E-state index in [1.54, 1.807) is 24.3 Å². The maximum atomic E-state index is 13.3. The Kier molecular flexibility index (Phi) is 4.04. The molecular formula is C23H14F3N3O3. The lowest BCUT2D eigenvalue weighted by atomic mass is 9.94. The first-order chi connectivity index (χ1) is 15.1. The highest BCUT2D eigenvalue weighted by Crippen LogP contribution is 2.43. The smallest absolute Gasteiger partial charge is 0.288 e. The van der Waals surface area contributed by atoms with Crippen LogP contribution in [0.4, 0.5) is 13.2 Å². The number of pyridine rings is 1. The maximum Gasteiger partial charge on any atom is 0.416 e. The molecule has 0 aliphatic heterocycles. The number of carbonyl (C=O) groups is 1. The Hall–Kier alpha value is -4.01. The van der Waals surface area contributed by atoms with Gasteiger partial charge in [-0.2, -0.15) is 13.2 Å². The number of aromatic nitrogens is 3. The quantitative estimate of drug-likeness (QED) is 0.402. The van der Waals surface area contributed by atoms with Crippen LogP contribution in [0.15, 0.2) is 58.1 Å². The van der Waals surface area contributed by atoms with Gasteiger partial charge in [-0.25, -0.2) is 9.78 Å². The second-order valence-electron chi connectivity index (χ2n) is 7.56. The Morgan fingerprint density at radius 1 is 0.812 bits per heavy atom. The molecule has 5 rings (SSSR count). The number of alkyl halides is 3. The van der Waals surface area contributed by atoms with Gasteiger partial charge >= 0.3 is 11.9 Å². The van der Waals surface area contributed by atoms with E-state index in [1.807, 2.05) is 0 Å². The van der Waals surface area contributed by atoms with Crippen LogP contribution in [-0.2, 0) is 20.3 Å². The highest BCUT2D eigenvalue weighted by Gasteiger charge is 2.35. The number of benzene rings is 2. The van der Waals surface area contributed by atoms with E-state index in [-0.39, 0.29) is 39.2 Å². The Morgan fingerprint density at radius 2 is 1.44 bits per heavy atom. The molecule has 1 aliphatic carbocycles. The summed E-state index contributed by atoms with van der Waals surface area (Å²) in [5.74, 6) is -0.379. The summed E-state index contributed by atoms with van der Waals surface area (Å²) in [6.45, 7) is 0. The summed E-state index contributed by atoms with van der Waals surface area (Å²) < 4.78 is 41.4. The zero-order chi connectivity index (χ0) is 22.9. The number of carbonyl (C=O) groups excluding carboxylic acids is 1. The van der Waals surface area contributed by atoms with Crippen LogP contribution in [0.2, 0.25) is 0 Å². The van der Waals surface area contributed by atoms with E-state index in [0.717, 1.165) is 16.7 Å². The molecule has 0 saturated carbocycles. The number of nitrogens with zero attached hydrogens (tertiary/aromatic N) is 3. The third-order valence-corrected chi connectivity index (χ3v) is 5.74. The van der Waals surface area contributed by atoms with Crippen LogP contribution in [0.1, 0.15) is 21.5 Å². The van der Waals surface area contributed by atoms with Crippen molar-refractivity contribution in [1.29, 1.82) is 0 Å². The van der Waals surface area contributed by atoms with E-state index in [0.29, 0.717) is 11.1 Å². The number of ketones is 1. The first kappa shape index (κ1) is 19.9. The normalized spacial score (nSPS) is 12.8. The van der Waals surface area contributed by atoms with Crippen LogP contribution in [0, 0.1) is 0 Å². The Balaban J connectivity index is 1.97. The van der Waals surface area contributed by atoms with Crippen LogP contribution < -0.4 is 11.2 Å². The van der Waals surface area contributed by atoms with Gasteiger partial charge in [0, 0.05) is 30.8 Å². The zero-order valence-electron chi connectivity index (χ0n) is 16.8. The predicted octanol–water partition coefficient (Wildman–Crippen LogP) is 3.53. The van der Waals surface area contributed by atoms with Crippen LogP contribution >= 0.6 is 0 Å². The molecule has 0 fully saturated rings. The highest BCUT2D eigenvalue weighted by atomic mass is 19.4. The third-order valence-electron chi connectivity index (χ3n) is 5.74. The van der Waals surface area contributed by atoms with E-state index < -0.39 is 23.0 Å². The first-order valence-corrected chi connectivity index (χ1v) is 9.56. The summed E-state index contributed by atoms with van der Waals surface area (Å²) in [5, 5.41) is -0.00531. The van der Waals surface area contributed by atoms with Crippen molar-refractivity contribution >= 4 is 16.8 Å². The third kappa shape index (κ3) is 2.60. The van der Waals surface area contributed by atoms with Crippen molar-refractivity contribution in [1.82, 2.24) is 14.1 Å². The van der Waals surface area contributed by atoms with Gasteiger partial charge in [-0.15, -0.1) is 0 Å². The standard InChI is InChI=1S/C23H14F3N3O3/c1-28-20-17(21(31)29(2)22(28)32)15(11-7-9-12(10-8-11)23(24,25)26)16-18(27-20)13-5-3-4-6-14(13)19(16)30/h3-10H,1-2H3. The number of fused-ring (bicyclic) bond motifs is 4. The van der Waals surface area contributed by atoms with Gasteiger partial charge in [0.15, 0.2) is 11.4 Å². The lowest BCUT2D eigenvalue weighted by Crippen LogP contribution is -2.37. The topological polar surface area (TPSA) is 74.0 Å². The van der Waals surface area contributed by atoms with Gasteiger partial charge in [-0.3, -0.25) is 18.7 Å². The van der Waals surface area contributed by atoms with Crippen molar-refractivity contribution in [3.05, 3.63) is 86.1 Å². The molecule has 0 bridgehead atoms. The van der Waals surface area contributed by atoms with Crippen LogP contribution in [0.5, 0.6) is 0 Å². The van der Waals surface area contributed by atoms with E-state index in [2.05, 4.69) is 4.98 Å². The summed E-state index contributed by atoms with van der Waals surface area (Å²) in [6.07, 6.45) is -4.53. The number of hydrogen-bond acceptors (Lipinski definition) is 4. The second kappa shape index (κ2) is 6.49. The fraction of sp³-hybridized carbons (Fsp3) is 0.130. The summed E-state index contributed by atoms with van der Waals surface area (Å²) >= 11 is 0. The van der Waals surface area contributed by atoms with Gasteiger partial charge < -0.3 is 0 Å². The van der Waals surface area contributed by atoms with E-state index in [4.69, 9.17) is 0 Å². The summed E-state index contributed by atoms with van der Waals surface area (Å²) in [4.78, 5) is 43.4. The average Bonchev–Trinajstić information content (AvgIpc) is 3.06. The molecule has 0 atom stereocenters. The monoisotopic (exact) mass is 437 g/mol. The summed E-state index contributed by atoms with van der Waals surface area (Å²) in [6, 6.07) is 11.0. The molecule has 160 valence electrons. The largest absolute Gasteiger partial charge is 0.416 e. The summed E-state index contributed by atoms with van der Waals surface area (Å²) in [7, 11) is 2.74. The molecule has 0 amide bonds. The minimum atomic E-state index is -4.53. The molecular weight excluding hydrogens is 423 g/mol. The second-order valence-corrected chi connectivity index (χ2v) is 7.56. The van der Waals surface area contributed by atoms with Gasteiger partial charge in [0.2, 0.25) is 0 Å². The van der Waals surface area contributed by atoms with E-state index in [9.17, 15) is 27.6 Å². The fourth-order valence-corrected chi connectivity index (χ4v) is 4.14. The van der Waals surface area contributed by atoms with Crippen molar-refractivity contribution in [2.75, 3.05) is 0 Å². The van der Waals surface area contributed by atoms with Crippen LogP contribution in [-0.4, -0.2) is 19.9 Å². The Labute approximate surface area is 178 Å². The molecule has 0 radical (unpaired) electrons. The van der Waals surface area contributed by atoms with Crippen LogP contribution in [0.3, 0.4) is 0 Å². The molecule has 0 spiro atoms. The molecule has 2 heterocycles. The van der Waals surface area contributed by atoms with Gasteiger partial charge in [0.25, 0.3) is 5.56 Å². The van der Waals surface area contributed by atoms with Crippen LogP contribution in [0.25, 0.3) is 33.4 Å². The van der Waals surface area contributed by atoms with E-state index >= 15 is 0 Å². The molecule has 1 aliphatic rings. The molecule has 0 unspecified atom stereocenters. The van der Waals surface area contributed by atoms with Crippen molar-refractivity contribution < 1.29 is 18.0 Å². The molecule has 2 aromatic carbocycles. The SMILES string of the molecule is Cn1c(=O)c2c(-c3ccc(C(F)(F)F)cc3)c3c(nc2n(C)c1=O)-c1ccccc1C3=O. The van der Waals surface area contributed by atoms with Gasteiger partial charge in [0.1, 0.15) is 0 Å². The molecule has 9 heteroatoms. The average molecular weight is 437 g/mol. The minimum Gasteiger partial charge on any atom is -0.288 e. The summed E-state index contributed by atoms with van der Waals surface area (Å²) in [5.41, 5.74) is -0.346. The number of halogens is 3. The first-order valence-electron chi connectivity index (χ1n) is 9.56. The number of aryl methyl sites for hydroxylation is 1. The lowest BCUT2D eigenvalue weighted by molar-refractivity contribution is -0.137. The van der Waals surface area contributed by atoms with Crippen molar-refractivity contribution in [3.8, 4) is 22.4 Å². The fourth-order valence-electron chi connectivity index (χ4n) is 4.14. The maximum absolute atomic E-state index is 13.3. The molecule has 6 nitrogen and oxygen atoms in total. The Morgan fingerprint density at radius 3 is 2.06 bits per heavy atom.